The van der Waals surface area contributed by atoms with E-state index in [1.807, 2.05) is 42.2 Å². The minimum atomic E-state index is -0.914. The van der Waals surface area contributed by atoms with Crippen LogP contribution >= 0.6 is 0 Å². The van der Waals surface area contributed by atoms with Gasteiger partial charge in [0, 0.05) is 61.0 Å². The van der Waals surface area contributed by atoms with Crippen molar-refractivity contribution in [3.8, 4) is 22.5 Å². The largest absolute Gasteiger partial charge is 0.368 e. The van der Waals surface area contributed by atoms with Crippen molar-refractivity contribution in [2.24, 2.45) is 23.3 Å². The highest BCUT2D eigenvalue weighted by Crippen LogP contribution is 2.33. The Morgan fingerprint density at radius 3 is 2.35 bits per heavy atom. The molecule has 2 atom stereocenters. The van der Waals surface area contributed by atoms with Crippen LogP contribution in [0.1, 0.15) is 54.2 Å². The van der Waals surface area contributed by atoms with Crippen molar-refractivity contribution in [1.82, 2.24) is 35.8 Å². The fourth-order valence-electron chi connectivity index (χ4n) is 6.97. The predicted molar refractivity (Wildman–Crippen MR) is 186 cm³/mol. The van der Waals surface area contributed by atoms with E-state index in [-0.39, 0.29) is 30.2 Å². The van der Waals surface area contributed by atoms with Crippen molar-refractivity contribution >= 4 is 23.4 Å². The van der Waals surface area contributed by atoms with Crippen LogP contribution in [0, 0.1) is 18.8 Å². The first-order valence-electron chi connectivity index (χ1n) is 17.0. The average Bonchev–Trinajstić information content (AvgIpc) is 3.67. The average molecular weight is 665 g/mol. The Bertz CT molecular complexity index is 1750. The van der Waals surface area contributed by atoms with Gasteiger partial charge in [0.05, 0.1) is 0 Å². The van der Waals surface area contributed by atoms with Crippen LogP contribution in [0.3, 0.4) is 0 Å². The lowest BCUT2D eigenvalue weighted by Crippen LogP contribution is -2.52. The molecule has 1 aliphatic heterocycles. The third-order valence-electron chi connectivity index (χ3n) is 9.84. The molecule has 1 saturated heterocycles. The van der Waals surface area contributed by atoms with E-state index in [1.54, 1.807) is 35.4 Å². The standard InChI is InChI=1S/C36H44N10O3/c1-22-17-31(36(49)45-16-15-39-23(2)21-45)40-20-30(22)26-7-3-24(4-8-26)18-32(33(38)47)46(35(48)28-9-5-25(19-37)6-10-28)29-13-11-27(12-14-29)34-41-43-44-42-34/h3-4,7-8,11-14,17,20,23,25,28,32,39H,5-6,9-10,15-16,18-19,21,37H2,1-2H3,(H2,38,47)(H,41,42,43,44)/t23?,25?,28?,32-/m0/s1. The third-order valence-corrected chi connectivity index (χ3v) is 9.84. The summed E-state index contributed by atoms with van der Waals surface area (Å²) in [5, 5.41) is 17.5. The molecular formula is C36H44N10O3. The molecule has 1 aliphatic carbocycles. The molecule has 6 N–H and O–H groups in total. The third kappa shape index (κ3) is 7.68. The van der Waals surface area contributed by atoms with Gasteiger partial charge in [-0.25, -0.2) is 0 Å². The maximum absolute atomic E-state index is 14.2. The number of nitrogens with zero attached hydrogens (tertiary/aromatic N) is 6. The first-order valence-corrected chi connectivity index (χ1v) is 17.0. The molecule has 0 bridgehead atoms. The van der Waals surface area contributed by atoms with E-state index in [4.69, 9.17) is 11.5 Å². The lowest BCUT2D eigenvalue weighted by molar-refractivity contribution is -0.127. The number of H-pyrrole nitrogens is 1. The van der Waals surface area contributed by atoms with E-state index in [0.29, 0.717) is 55.6 Å². The summed E-state index contributed by atoms with van der Waals surface area (Å²) in [6.07, 6.45) is 5.15. The number of aromatic amines is 1. The number of piperazine rings is 1. The molecule has 1 unspecified atom stereocenters. The van der Waals surface area contributed by atoms with E-state index in [0.717, 1.165) is 47.2 Å². The number of hydrogen-bond donors (Lipinski definition) is 4. The number of carbonyl (C=O) groups is 3. The summed E-state index contributed by atoms with van der Waals surface area (Å²) in [4.78, 5) is 48.4. The highest BCUT2D eigenvalue weighted by atomic mass is 16.2. The van der Waals surface area contributed by atoms with Crippen LogP contribution in [-0.2, 0) is 16.0 Å². The van der Waals surface area contributed by atoms with E-state index in [2.05, 4.69) is 37.8 Å². The van der Waals surface area contributed by atoms with E-state index in [9.17, 15) is 14.4 Å². The Balaban J connectivity index is 1.23. The molecule has 3 heterocycles. The molecule has 13 nitrogen and oxygen atoms in total. The zero-order valence-corrected chi connectivity index (χ0v) is 28.0. The number of carbonyl (C=O) groups excluding carboxylic acids is 3. The van der Waals surface area contributed by atoms with Crippen LogP contribution in [-0.4, -0.2) is 86.5 Å². The molecular weight excluding hydrogens is 620 g/mol. The van der Waals surface area contributed by atoms with E-state index in [1.165, 1.54) is 0 Å². The van der Waals surface area contributed by atoms with Crippen LogP contribution in [0.2, 0.25) is 0 Å². The van der Waals surface area contributed by atoms with Gasteiger partial charge in [-0.05, 0) is 104 Å². The van der Waals surface area contributed by atoms with Crippen LogP contribution in [0.15, 0.2) is 60.8 Å². The monoisotopic (exact) mass is 664 g/mol. The van der Waals surface area contributed by atoms with Crippen molar-refractivity contribution in [3.63, 3.8) is 0 Å². The summed E-state index contributed by atoms with van der Waals surface area (Å²) in [6, 6.07) is 16.2. The molecule has 0 spiro atoms. The number of aryl methyl sites for hydroxylation is 1. The molecule has 6 rings (SSSR count). The van der Waals surface area contributed by atoms with Crippen LogP contribution < -0.4 is 21.7 Å². The van der Waals surface area contributed by atoms with Crippen LogP contribution in [0.25, 0.3) is 22.5 Å². The van der Waals surface area contributed by atoms with Gasteiger partial charge in [-0.2, -0.15) is 5.21 Å². The van der Waals surface area contributed by atoms with E-state index >= 15 is 0 Å². The van der Waals surface area contributed by atoms with Gasteiger partial charge >= 0.3 is 0 Å². The molecule has 1 saturated carbocycles. The van der Waals surface area contributed by atoms with Crippen molar-refractivity contribution in [2.75, 3.05) is 31.1 Å². The van der Waals surface area contributed by atoms with Gasteiger partial charge in [-0.3, -0.25) is 24.3 Å². The van der Waals surface area contributed by atoms with Gasteiger partial charge in [0.15, 0.2) is 0 Å². The zero-order chi connectivity index (χ0) is 34.5. The summed E-state index contributed by atoms with van der Waals surface area (Å²) in [6.45, 7) is 6.72. The quantitative estimate of drug-likeness (QED) is 0.198. The number of nitrogens with two attached hydrogens (primary N) is 2. The Morgan fingerprint density at radius 2 is 1.73 bits per heavy atom. The molecule has 2 aromatic heterocycles. The number of anilines is 1. The summed E-state index contributed by atoms with van der Waals surface area (Å²) < 4.78 is 0. The first kappa shape index (κ1) is 33.9. The fourth-order valence-corrected chi connectivity index (χ4v) is 6.97. The van der Waals surface area contributed by atoms with Crippen LogP contribution in [0.5, 0.6) is 0 Å². The number of pyridine rings is 1. The minimum Gasteiger partial charge on any atom is -0.368 e. The summed E-state index contributed by atoms with van der Waals surface area (Å²) in [7, 11) is 0. The lowest BCUT2D eigenvalue weighted by Gasteiger charge is -2.35. The second kappa shape index (κ2) is 15.0. The molecule has 0 radical (unpaired) electrons. The number of rotatable bonds is 10. The summed E-state index contributed by atoms with van der Waals surface area (Å²) in [5.41, 5.74) is 17.3. The van der Waals surface area contributed by atoms with Crippen LogP contribution in [0.4, 0.5) is 5.69 Å². The SMILES string of the molecule is Cc1cc(C(=O)N2CCNC(C)C2)ncc1-c1ccc(C[C@@H](C(N)=O)N(C(=O)C2CCC(CN)CC2)c2ccc(-c3nn[nH]n3)cc2)cc1. The molecule has 2 aliphatic rings. The highest BCUT2D eigenvalue weighted by Gasteiger charge is 2.36. The smallest absolute Gasteiger partial charge is 0.272 e. The van der Waals surface area contributed by atoms with E-state index < -0.39 is 11.9 Å². The minimum absolute atomic E-state index is 0.0631. The fraction of sp³-hybridized carbons (Fsp3) is 0.417. The normalized spacial score (nSPS) is 20.1. The zero-order valence-electron chi connectivity index (χ0n) is 28.0. The van der Waals surface area contributed by atoms with Gasteiger partial charge in [-0.1, -0.05) is 24.3 Å². The second-order valence-electron chi connectivity index (χ2n) is 13.3. The summed E-state index contributed by atoms with van der Waals surface area (Å²) in [5.74, 6) is -0.166. The van der Waals surface area contributed by atoms with Gasteiger partial charge in [0.2, 0.25) is 17.6 Å². The Kier molecular flexibility index (Phi) is 10.4. The molecule has 2 aromatic carbocycles. The maximum atomic E-state index is 14.2. The lowest BCUT2D eigenvalue weighted by atomic mass is 9.81. The Hall–Kier alpha value is -5.01. The first-order chi connectivity index (χ1) is 23.7. The number of primary amides is 1. The number of aromatic nitrogens is 5. The highest BCUT2D eigenvalue weighted by molar-refractivity contribution is 6.02. The molecule has 256 valence electrons. The topological polar surface area (TPSA) is 189 Å². The number of hydrogen-bond acceptors (Lipinski definition) is 9. The number of nitrogens with one attached hydrogen (secondary N) is 2. The van der Waals surface area contributed by atoms with Gasteiger partial charge in [0.1, 0.15) is 11.7 Å². The number of benzene rings is 2. The molecule has 49 heavy (non-hydrogen) atoms. The van der Waals surface area contributed by atoms with Gasteiger partial charge in [-0.15, -0.1) is 10.2 Å². The molecule has 3 amide bonds. The molecule has 2 fully saturated rings. The van der Waals surface area contributed by atoms with Crippen molar-refractivity contribution in [2.45, 2.75) is 58.0 Å². The Morgan fingerprint density at radius 1 is 1.02 bits per heavy atom. The van der Waals surface area contributed by atoms with Crippen molar-refractivity contribution in [3.05, 3.63) is 77.6 Å². The van der Waals surface area contributed by atoms with Crippen molar-refractivity contribution in [1.29, 1.82) is 0 Å². The number of amides is 3. The second-order valence-corrected chi connectivity index (χ2v) is 13.3. The van der Waals surface area contributed by atoms with Gasteiger partial charge < -0.3 is 21.7 Å². The molecule has 4 aromatic rings. The maximum Gasteiger partial charge on any atom is 0.272 e. The van der Waals surface area contributed by atoms with Gasteiger partial charge in [0.25, 0.3) is 5.91 Å². The number of tetrazole rings is 1. The van der Waals surface area contributed by atoms with Crippen molar-refractivity contribution < 1.29 is 14.4 Å². The Labute approximate surface area is 285 Å². The predicted octanol–water partition coefficient (Wildman–Crippen LogP) is 2.87. The molecule has 13 heteroatoms. The summed E-state index contributed by atoms with van der Waals surface area (Å²) >= 11 is 0.